The monoisotopic (exact) mass is 270 g/mol. The molecule has 1 aromatic carbocycles. The van der Waals surface area contributed by atoms with Crippen LogP contribution < -0.4 is 10.6 Å². The topological polar surface area (TPSA) is 41.9 Å². The van der Waals surface area contributed by atoms with Crippen molar-refractivity contribution in [3.05, 3.63) is 42.7 Å². The summed E-state index contributed by atoms with van der Waals surface area (Å²) in [6, 6.07) is 11.5. The Morgan fingerprint density at radius 3 is 2.90 bits per heavy atom. The van der Waals surface area contributed by atoms with Crippen molar-refractivity contribution in [1.29, 1.82) is 0 Å². The average molecular weight is 270 g/mol. The Morgan fingerprint density at radius 2 is 2.25 bits per heavy atom. The Labute approximate surface area is 120 Å². The first-order chi connectivity index (χ1) is 9.81. The third-order valence-corrected chi connectivity index (χ3v) is 3.85. The fraction of sp³-hybridized carbons (Fsp3) is 0.438. The minimum absolute atomic E-state index is 0.487. The van der Waals surface area contributed by atoms with Gasteiger partial charge in [-0.2, -0.15) is 5.10 Å². The van der Waals surface area contributed by atoms with Gasteiger partial charge in [-0.3, -0.25) is 0 Å². The summed E-state index contributed by atoms with van der Waals surface area (Å²) in [7, 11) is 0. The van der Waals surface area contributed by atoms with E-state index in [0.717, 1.165) is 5.69 Å². The van der Waals surface area contributed by atoms with Crippen molar-refractivity contribution in [3.63, 3.8) is 0 Å². The van der Waals surface area contributed by atoms with E-state index in [4.69, 9.17) is 0 Å². The van der Waals surface area contributed by atoms with Crippen LogP contribution >= 0.6 is 0 Å². The van der Waals surface area contributed by atoms with Crippen LogP contribution in [0.15, 0.2) is 42.7 Å². The summed E-state index contributed by atoms with van der Waals surface area (Å²) in [5, 5.41) is 11.4. The summed E-state index contributed by atoms with van der Waals surface area (Å²) in [6.07, 6.45) is 7.56. The van der Waals surface area contributed by atoms with Gasteiger partial charge in [0.15, 0.2) is 0 Å². The van der Waals surface area contributed by atoms with Crippen molar-refractivity contribution < 1.29 is 0 Å². The van der Waals surface area contributed by atoms with E-state index in [1.165, 1.54) is 31.5 Å². The van der Waals surface area contributed by atoms with E-state index < -0.39 is 0 Å². The van der Waals surface area contributed by atoms with Gasteiger partial charge < -0.3 is 10.6 Å². The highest BCUT2D eigenvalue weighted by Crippen LogP contribution is 2.17. The number of hydrogen-bond donors (Lipinski definition) is 2. The van der Waals surface area contributed by atoms with E-state index in [0.29, 0.717) is 12.1 Å². The average Bonchev–Trinajstić information content (AvgIpc) is 3.12. The summed E-state index contributed by atoms with van der Waals surface area (Å²) in [5.74, 6) is 0. The van der Waals surface area contributed by atoms with E-state index in [1.54, 1.807) is 6.20 Å². The first kappa shape index (κ1) is 13.2. The van der Waals surface area contributed by atoms with Crippen molar-refractivity contribution in [2.45, 2.75) is 38.3 Å². The van der Waals surface area contributed by atoms with E-state index in [1.807, 2.05) is 16.9 Å². The molecule has 2 unspecified atom stereocenters. The number of benzene rings is 1. The van der Waals surface area contributed by atoms with Crippen LogP contribution in [-0.4, -0.2) is 28.4 Å². The minimum Gasteiger partial charge on any atom is -0.383 e. The van der Waals surface area contributed by atoms with Gasteiger partial charge >= 0.3 is 0 Å². The van der Waals surface area contributed by atoms with Crippen LogP contribution in [0.1, 0.15) is 26.2 Å². The highest BCUT2D eigenvalue weighted by atomic mass is 15.3. The van der Waals surface area contributed by atoms with E-state index in [-0.39, 0.29) is 0 Å². The smallest absolute Gasteiger partial charge is 0.0647 e. The lowest BCUT2D eigenvalue weighted by atomic mass is 10.1. The van der Waals surface area contributed by atoms with Gasteiger partial charge in [0, 0.05) is 30.2 Å². The van der Waals surface area contributed by atoms with Crippen LogP contribution in [0.4, 0.5) is 5.69 Å². The van der Waals surface area contributed by atoms with Gasteiger partial charge in [0.1, 0.15) is 0 Å². The summed E-state index contributed by atoms with van der Waals surface area (Å²) in [6.45, 7) is 3.43. The van der Waals surface area contributed by atoms with Crippen LogP contribution in [0, 0.1) is 0 Å². The molecule has 0 radical (unpaired) electrons. The number of rotatable bonds is 5. The molecule has 0 aliphatic carbocycles. The largest absolute Gasteiger partial charge is 0.383 e. The van der Waals surface area contributed by atoms with Crippen molar-refractivity contribution in [1.82, 2.24) is 15.1 Å². The highest BCUT2D eigenvalue weighted by Gasteiger charge is 2.16. The molecule has 1 aromatic heterocycles. The molecule has 1 saturated heterocycles. The number of aromatic nitrogens is 2. The standard InChI is InChI=1S/C16H22N4/c1-13(12-15-4-2-9-17-15)19-14-5-7-16(8-6-14)20-11-3-10-18-20/h3,5-8,10-11,13,15,17,19H,2,4,9,12H2,1H3. The molecule has 2 heterocycles. The molecule has 3 rings (SSSR count). The lowest BCUT2D eigenvalue weighted by Gasteiger charge is -2.19. The minimum atomic E-state index is 0.487. The van der Waals surface area contributed by atoms with Gasteiger partial charge in [0.25, 0.3) is 0 Å². The Hall–Kier alpha value is -1.81. The molecule has 1 aliphatic rings. The third-order valence-electron chi connectivity index (χ3n) is 3.85. The molecule has 2 atom stereocenters. The Balaban J connectivity index is 1.57. The second kappa shape index (κ2) is 6.09. The number of hydrogen-bond acceptors (Lipinski definition) is 3. The van der Waals surface area contributed by atoms with Crippen LogP contribution in [0.3, 0.4) is 0 Å². The summed E-state index contributed by atoms with van der Waals surface area (Å²) >= 11 is 0. The van der Waals surface area contributed by atoms with E-state index in [2.05, 4.69) is 46.9 Å². The zero-order chi connectivity index (χ0) is 13.8. The molecule has 4 nitrogen and oxygen atoms in total. The maximum Gasteiger partial charge on any atom is 0.0647 e. The second-order valence-electron chi connectivity index (χ2n) is 5.57. The zero-order valence-electron chi connectivity index (χ0n) is 11.9. The van der Waals surface area contributed by atoms with Gasteiger partial charge in [-0.25, -0.2) is 4.68 Å². The number of nitrogens with one attached hydrogen (secondary N) is 2. The predicted octanol–water partition coefficient (Wildman–Crippen LogP) is 2.81. The van der Waals surface area contributed by atoms with Gasteiger partial charge in [-0.05, 0) is 63.1 Å². The van der Waals surface area contributed by atoms with Crippen LogP contribution in [-0.2, 0) is 0 Å². The van der Waals surface area contributed by atoms with Gasteiger partial charge in [0.2, 0.25) is 0 Å². The summed E-state index contributed by atoms with van der Waals surface area (Å²) in [4.78, 5) is 0. The quantitative estimate of drug-likeness (QED) is 0.878. The molecule has 2 aromatic rings. The van der Waals surface area contributed by atoms with Crippen molar-refractivity contribution in [3.8, 4) is 5.69 Å². The van der Waals surface area contributed by atoms with Gasteiger partial charge in [0.05, 0.1) is 5.69 Å². The maximum atomic E-state index is 4.23. The number of anilines is 1. The molecular formula is C16H22N4. The Bertz CT molecular complexity index is 512. The van der Waals surface area contributed by atoms with E-state index >= 15 is 0 Å². The molecule has 2 N–H and O–H groups in total. The first-order valence-electron chi connectivity index (χ1n) is 7.41. The molecule has 20 heavy (non-hydrogen) atoms. The van der Waals surface area contributed by atoms with Crippen LogP contribution in [0.5, 0.6) is 0 Å². The molecule has 1 aliphatic heterocycles. The molecule has 1 fully saturated rings. The Morgan fingerprint density at radius 1 is 1.40 bits per heavy atom. The van der Waals surface area contributed by atoms with Crippen LogP contribution in [0.25, 0.3) is 5.69 Å². The molecule has 106 valence electrons. The molecular weight excluding hydrogens is 248 g/mol. The molecule has 0 amide bonds. The lowest BCUT2D eigenvalue weighted by molar-refractivity contribution is 0.523. The second-order valence-corrected chi connectivity index (χ2v) is 5.57. The molecule has 0 spiro atoms. The van der Waals surface area contributed by atoms with Crippen molar-refractivity contribution in [2.24, 2.45) is 0 Å². The van der Waals surface area contributed by atoms with Gasteiger partial charge in [-0.1, -0.05) is 0 Å². The normalized spacial score (nSPS) is 19.9. The summed E-state index contributed by atoms with van der Waals surface area (Å²) < 4.78 is 1.87. The lowest BCUT2D eigenvalue weighted by Crippen LogP contribution is -2.29. The zero-order valence-corrected chi connectivity index (χ0v) is 11.9. The first-order valence-corrected chi connectivity index (χ1v) is 7.41. The fourth-order valence-electron chi connectivity index (χ4n) is 2.86. The third kappa shape index (κ3) is 3.20. The number of nitrogens with zero attached hydrogens (tertiary/aromatic N) is 2. The van der Waals surface area contributed by atoms with Crippen LogP contribution in [0.2, 0.25) is 0 Å². The highest BCUT2D eigenvalue weighted by molar-refractivity contribution is 5.49. The fourth-order valence-corrected chi connectivity index (χ4v) is 2.86. The van der Waals surface area contributed by atoms with E-state index in [9.17, 15) is 0 Å². The maximum absolute atomic E-state index is 4.23. The van der Waals surface area contributed by atoms with Gasteiger partial charge in [-0.15, -0.1) is 0 Å². The summed E-state index contributed by atoms with van der Waals surface area (Å²) in [5.41, 5.74) is 2.26. The molecule has 0 saturated carbocycles. The van der Waals surface area contributed by atoms with Crippen molar-refractivity contribution >= 4 is 5.69 Å². The molecule has 4 heteroatoms. The molecule has 0 bridgehead atoms. The predicted molar refractivity (Wildman–Crippen MR) is 82.3 cm³/mol. The Kier molecular flexibility index (Phi) is 4.02. The SMILES string of the molecule is CC(CC1CCCN1)Nc1ccc(-n2cccn2)cc1. The van der Waals surface area contributed by atoms with Crippen molar-refractivity contribution in [2.75, 3.05) is 11.9 Å².